The van der Waals surface area contributed by atoms with E-state index in [9.17, 15) is 0 Å². The van der Waals surface area contributed by atoms with Gasteiger partial charge in [0.05, 0.1) is 6.10 Å². The second kappa shape index (κ2) is 5.29. The lowest BCUT2D eigenvalue weighted by molar-refractivity contribution is 0.0900. The third-order valence-corrected chi connectivity index (χ3v) is 4.17. The third-order valence-electron chi connectivity index (χ3n) is 4.17. The smallest absolute Gasteiger partial charge is 0.0588 e. The van der Waals surface area contributed by atoms with Crippen molar-refractivity contribution >= 4 is 5.69 Å². The molecule has 0 bridgehead atoms. The number of nitrogen functional groups attached to an aromatic ring is 1. The maximum atomic E-state index is 6.02. The van der Waals surface area contributed by atoms with E-state index in [1.54, 1.807) is 0 Å². The molecule has 3 rings (SSSR count). The Morgan fingerprint density at radius 3 is 3.17 bits per heavy atom. The summed E-state index contributed by atoms with van der Waals surface area (Å²) >= 11 is 0. The van der Waals surface area contributed by atoms with Crippen molar-refractivity contribution in [3.8, 4) is 0 Å². The van der Waals surface area contributed by atoms with Crippen LogP contribution < -0.4 is 5.73 Å². The highest BCUT2D eigenvalue weighted by molar-refractivity contribution is 5.51. The van der Waals surface area contributed by atoms with Crippen LogP contribution in [0.4, 0.5) is 5.69 Å². The van der Waals surface area contributed by atoms with Gasteiger partial charge in [0.1, 0.15) is 0 Å². The van der Waals surface area contributed by atoms with Crippen LogP contribution in [0.25, 0.3) is 0 Å². The van der Waals surface area contributed by atoms with Crippen LogP contribution in [-0.4, -0.2) is 30.7 Å². The zero-order valence-corrected chi connectivity index (χ0v) is 10.9. The molecule has 0 saturated carbocycles. The lowest BCUT2D eigenvalue weighted by atomic mass is 9.98. The van der Waals surface area contributed by atoms with E-state index in [1.165, 1.54) is 30.4 Å². The first-order chi connectivity index (χ1) is 8.83. The predicted molar refractivity (Wildman–Crippen MR) is 73.4 cm³/mol. The fourth-order valence-electron chi connectivity index (χ4n) is 3.09. The zero-order chi connectivity index (χ0) is 12.4. The average Bonchev–Trinajstić information content (AvgIpc) is 2.90. The van der Waals surface area contributed by atoms with Crippen LogP contribution in [0.5, 0.6) is 0 Å². The minimum Gasteiger partial charge on any atom is -0.398 e. The van der Waals surface area contributed by atoms with Crippen molar-refractivity contribution in [2.45, 2.75) is 38.3 Å². The first-order valence-corrected chi connectivity index (χ1v) is 7.03. The quantitative estimate of drug-likeness (QED) is 0.831. The van der Waals surface area contributed by atoms with Crippen molar-refractivity contribution in [3.63, 3.8) is 0 Å². The molecule has 0 amide bonds. The van der Waals surface area contributed by atoms with Gasteiger partial charge in [0, 0.05) is 31.9 Å². The van der Waals surface area contributed by atoms with E-state index in [0.717, 1.165) is 38.3 Å². The molecular formula is C15H22N2O. The summed E-state index contributed by atoms with van der Waals surface area (Å²) in [5.41, 5.74) is 9.76. The van der Waals surface area contributed by atoms with Crippen molar-refractivity contribution in [2.24, 2.45) is 0 Å². The summed E-state index contributed by atoms with van der Waals surface area (Å²) in [6.07, 6.45) is 5.26. The van der Waals surface area contributed by atoms with E-state index in [2.05, 4.69) is 17.0 Å². The maximum absolute atomic E-state index is 6.02. The number of anilines is 1. The summed E-state index contributed by atoms with van der Waals surface area (Å²) in [5, 5.41) is 0. The van der Waals surface area contributed by atoms with Crippen LogP contribution in [0.3, 0.4) is 0 Å². The number of benzene rings is 1. The van der Waals surface area contributed by atoms with Crippen molar-refractivity contribution in [2.75, 3.05) is 25.4 Å². The molecule has 98 valence electrons. The average molecular weight is 246 g/mol. The van der Waals surface area contributed by atoms with E-state index in [1.807, 2.05) is 6.07 Å². The number of hydrogen-bond donors (Lipinski definition) is 1. The van der Waals surface area contributed by atoms with Gasteiger partial charge in [0.2, 0.25) is 0 Å². The van der Waals surface area contributed by atoms with Gasteiger partial charge < -0.3 is 10.5 Å². The molecule has 3 heteroatoms. The Kier molecular flexibility index (Phi) is 3.52. The van der Waals surface area contributed by atoms with Gasteiger partial charge in [-0.25, -0.2) is 0 Å². The van der Waals surface area contributed by atoms with Crippen molar-refractivity contribution in [1.29, 1.82) is 0 Å². The van der Waals surface area contributed by atoms with Gasteiger partial charge in [0.25, 0.3) is 0 Å². The predicted octanol–water partition coefficient (Wildman–Crippen LogP) is 2.20. The molecule has 0 spiro atoms. The minimum absolute atomic E-state index is 0.507. The highest BCUT2D eigenvalue weighted by atomic mass is 16.5. The Hall–Kier alpha value is -1.06. The summed E-state index contributed by atoms with van der Waals surface area (Å²) in [5.74, 6) is 0. The molecular weight excluding hydrogens is 224 g/mol. The van der Waals surface area contributed by atoms with Crippen molar-refractivity contribution in [1.82, 2.24) is 4.90 Å². The van der Waals surface area contributed by atoms with Gasteiger partial charge in [-0.1, -0.05) is 12.1 Å². The zero-order valence-electron chi connectivity index (χ0n) is 10.9. The normalized spacial score (nSPS) is 24.1. The Morgan fingerprint density at radius 2 is 2.33 bits per heavy atom. The lowest BCUT2D eigenvalue weighted by Crippen LogP contribution is -2.33. The highest BCUT2D eigenvalue weighted by Gasteiger charge is 2.20. The Labute approximate surface area is 109 Å². The Bertz CT molecular complexity index is 413. The number of ether oxygens (including phenoxy) is 1. The largest absolute Gasteiger partial charge is 0.398 e. The maximum Gasteiger partial charge on any atom is 0.0588 e. The fourth-order valence-corrected chi connectivity index (χ4v) is 3.09. The molecule has 2 aliphatic heterocycles. The van der Waals surface area contributed by atoms with Crippen LogP contribution in [0, 0.1) is 0 Å². The second-order valence-electron chi connectivity index (χ2n) is 5.43. The number of nitrogens with zero attached hydrogens (tertiary/aromatic N) is 1. The molecule has 2 N–H and O–H groups in total. The number of rotatable bonds is 3. The summed E-state index contributed by atoms with van der Waals surface area (Å²) in [6.45, 7) is 4.30. The fraction of sp³-hybridized carbons (Fsp3) is 0.600. The van der Waals surface area contributed by atoms with Crippen LogP contribution in [-0.2, 0) is 17.7 Å². The first-order valence-electron chi connectivity index (χ1n) is 7.03. The molecule has 1 aromatic rings. The molecule has 0 radical (unpaired) electrons. The molecule has 1 fully saturated rings. The Balaban J connectivity index is 1.57. The van der Waals surface area contributed by atoms with Gasteiger partial charge in [-0.2, -0.15) is 0 Å². The van der Waals surface area contributed by atoms with E-state index in [0.29, 0.717) is 6.10 Å². The number of hydrogen-bond acceptors (Lipinski definition) is 3. The highest BCUT2D eigenvalue weighted by Crippen LogP contribution is 2.24. The standard InChI is InChI=1S/C15H22N2O/c16-15-5-1-3-12-11-17(9-7-14(12)15)8-6-13-4-2-10-18-13/h1,3,5,13H,2,4,6-11,16H2. The van der Waals surface area contributed by atoms with Crippen LogP contribution in [0.2, 0.25) is 0 Å². The van der Waals surface area contributed by atoms with Crippen LogP contribution in [0.1, 0.15) is 30.4 Å². The third kappa shape index (κ3) is 2.52. The van der Waals surface area contributed by atoms with E-state index in [4.69, 9.17) is 10.5 Å². The molecule has 3 nitrogen and oxygen atoms in total. The Morgan fingerprint density at radius 1 is 1.39 bits per heavy atom. The van der Waals surface area contributed by atoms with E-state index < -0.39 is 0 Å². The van der Waals surface area contributed by atoms with Gasteiger partial charge in [-0.05, 0) is 42.9 Å². The molecule has 1 atom stereocenters. The van der Waals surface area contributed by atoms with E-state index >= 15 is 0 Å². The molecule has 18 heavy (non-hydrogen) atoms. The molecule has 2 aliphatic rings. The monoisotopic (exact) mass is 246 g/mol. The van der Waals surface area contributed by atoms with Gasteiger partial charge in [0.15, 0.2) is 0 Å². The topological polar surface area (TPSA) is 38.5 Å². The molecule has 1 unspecified atom stereocenters. The van der Waals surface area contributed by atoms with Gasteiger partial charge in [-0.15, -0.1) is 0 Å². The molecule has 0 aliphatic carbocycles. The van der Waals surface area contributed by atoms with Crippen molar-refractivity contribution in [3.05, 3.63) is 29.3 Å². The minimum atomic E-state index is 0.507. The van der Waals surface area contributed by atoms with E-state index in [-0.39, 0.29) is 0 Å². The number of fused-ring (bicyclic) bond motifs is 1. The van der Waals surface area contributed by atoms with Crippen LogP contribution in [0.15, 0.2) is 18.2 Å². The van der Waals surface area contributed by atoms with Gasteiger partial charge in [-0.3, -0.25) is 4.90 Å². The molecule has 1 saturated heterocycles. The van der Waals surface area contributed by atoms with Gasteiger partial charge >= 0.3 is 0 Å². The summed E-state index contributed by atoms with van der Waals surface area (Å²) in [7, 11) is 0. The number of nitrogens with two attached hydrogens (primary N) is 1. The molecule has 2 heterocycles. The molecule has 1 aromatic carbocycles. The molecule has 0 aromatic heterocycles. The van der Waals surface area contributed by atoms with Crippen LogP contribution >= 0.6 is 0 Å². The lowest BCUT2D eigenvalue weighted by Gasteiger charge is -2.30. The SMILES string of the molecule is Nc1cccc2c1CCN(CCC1CCCO1)C2. The summed E-state index contributed by atoms with van der Waals surface area (Å²) in [6, 6.07) is 6.29. The second-order valence-corrected chi connectivity index (χ2v) is 5.43. The first kappa shape index (κ1) is 12.0. The summed E-state index contributed by atoms with van der Waals surface area (Å²) in [4.78, 5) is 2.53. The van der Waals surface area contributed by atoms with Crippen molar-refractivity contribution < 1.29 is 4.74 Å². The summed E-state index contributed by atoms with van der Waals surface area (Å²) < 4.78 is 5.69.